The Morgan fingerprint density at radius 3 is 2.33 bits per heavy atom. The normalized spacial score (nSPS) is 13.0. The van der Waals surface area contributed by atoms with Gasteiger partial charge in [-0.1, -0.05) is 60.1 Å². The molecule has 0 aliphatic heterocycles. The second-order valence-corrected chi connectivity index (χ2v) is 6.65. The lowest BCUT2D eigenvalue weighted by Gasteiger charge is -2.23. The first-order valence-electron chi connectivity index (χ1n) is 8.52. The van der Waals surface area contributed by atoms with Gasteiger partial charge in [-0.05, 0) is 29.3 Å². The van der Waals surface area contributed by atoms with Crippen LogP contribution in [0.15, 0.2) is 78.9 Å². The summed E-state index contributed by atoms with van der Waals surface area (Å²) in [4.78, 5) is 10.6. The zero-order chi connectivity index (χ0) is 19.2. The third kappa shape index (κ3) is 5.06. The Bertz CT molecular complexity index is 901. The van der Waals surface area contributed by atoms with Gasteiger partial charge in [0.1, 0.15) is 0 Å². The number of benzene rings is 3. The zero-order valence-electron chi connectivity index (χ0n) is 14.5. The molecular weight excluding hydrogens is 364 g/mol. The highest BCUT2D eigenvalue weighted by atomic mass is 35.5. The van der Waals surface area contributed by atoms with Gasteiger partial charge in [0.2, 0.25) is 0 Å². The number of rotatable bonds is 7. The second kappa shape index (κ2) is 8.66. The van der Waals surface area contributed by atoms with Crippen molar-refractivity contribution >= 4 is 23.0 Å². The maximum absolute atomic E-state index is 11.0. The van der Waals surface area contributed by atoms with Crippen molar-refractivity contribution in [3.63, 3.8) is 0 Å². The summed E-state index contributed by atoms with van der Waals surface area (Å²) in [5.74, 6) is 0. The third-order valence-electron chi connectivity index (χ3n) is 4.31. The Balaban J connectivity index is 1.86. The molecule has 0 spiro atoms. The van der Waals surface area contributed by atoms with Gasteiger partial charge >= 0.3 is 0 Å². The van der Waals surface area contributed by atoms with Gasteiger partial charge < -0.3 is 10.4 Å². The summed E-state index contributed by atoms with van der Waals surface area (Å²) in [5.41, 5.74) is 2.38. The Morgan fingerprint density at radius 1 is 0.963 bits per heavy atom. The maximum Gasteiger partial charge on any atom is 0.271 e. The van der Waals surface area contributed by atoms with Crippen LogP contribution in [0.2, 0.25) is 5.02 Å². The van der Waals surface area contributed by atoms with Crippen LogP contribution < -0.4 is 5.32 Å². The van der Waals surface area contributed by atoms with E-state index in [9.17, 15) is 15.2 Å². The molecule has 138 valence electrons. The average Bonchev–Trinajstić information content (AvgIpc) is 2.69. The van der Waals surface area contributed by atoms with E-state index in [-0.39, 0.29) is 11.7 Å². The van der Waals surface area contributed by atoms with Crippen LogP contribution in [-0.4, -0.2) is 10.0 Å². The molecule has 0 saturated heterocycles. The summed E-state index contributed by atoms with van der Waals surface area (Å²) in [6, 6.07) is 22.8. The SMILES string of the molecule is O=[N+]([O-])c1cccc(NC(CC(O)c2ccccc2)c2ccc(Cl)cc2)c1. The fourth-order valence-corrected chi connectivity index (χ4v) is 3.04. The first-order valence-corrected chi connectivity index (χ1v) is 8.90. The van der Waals surface area contributed by atoms with Crippen molar-refractivity contribution in [3.8, 4) is 0 Å². The molecule has 0 saturated carbocycles. The molecule has 5 nitrogen and oxygen atoms in total. The van der Waals surface area contributed by atoms with Gasteiger partial charge in [0.15, 0.2) is 0 Å². The first-order chi connectivity index (χ1) is 13.0. The highest BCUT2D eigenvalue weighted by Gasteiger charge is 2.19. The quantitative estimate of drug-likeness (QED) is 0.416. The molecule has 0 fully saturated rings. The molecule has 2 atom stereocenters. The monoisotopic (exact) mass is 382 g/mol. The lowest BCUT2D eigenvalue weighted by atomic mass is 9.96. The van der Waals surface area contributed by atoms with Crippen molar-refractivity contribution in [1.82, 2.24) is 0 Å². The minimum atomic E-state index is -0.682. The molecule has 0 aromatic heterocycles. The van der Waals surface area contributed by atoms with Crippen molar-refractivity contribution < 1.29 is 10.0 Å². The lowest BCUT2D eigenvalue weighted by Crippen LogP contribution is -2.15. The largest absolute Gasteiger partial charge is 0.388 e. The Kier molecular flexibility index (Phi) is 6.06. The van der Waals surface area contributed by atoms with Gasteiger partial charge in [0.25, 0.3) is 5.69 Å². The van der Waals surface area contributed by atoms with E-state index in [2.05, 4.69) is 5.32 Å². The molecule has 0 aliphatic carbocycles. The topological polar surface area (TPSA) is 75.4 Å². The first kappa shape index (κ1) is 18.9. The summed E-state index contributed by atoms with van der Waals surface area (Å²) >= 11 is 5.99. The van der Waals surface area contributed by atoms with E-state index < -0.39 is 11.0 Å². The summed E-state index contributed by atoms with van der Waals surface area (Å²) in [7, 11) is 0. The Hall–Kier alpha value is -2.89. The molecule has 0 heterocycles. The lowest BCUT2D eigenvalue weighted by molar-refractivity contribution is -0.384. The molecule has 27 heavy (non-hydrogen) atoms. The van der Waals surface area contributed by atoms with Crippen molar-refractivity contribution in [2.45, 2.75) is 18.6 Å². The number of aliphatic hydroxyl groups is 1. The predicted octanol–water partition coefficient (Wildman–Crippen LogP) is 5.53. The number of aliphatic hydroxyl groups excluding tert-OH is 1. The molecule has 3 rings (SSSR count). The van der Waals surface area contributed by atoms with Crippen LogP contribution in [0.4, 0.5) is 11.4 Å². The molecule has 0 amide bonds. The highest BCUT2D eigenvalue weighted by molar-refractivity contribution is 6.30. The number of anilines is 1. The molecule has 2 unspecified atom stereocenters. The number of nitro groups is 1. The number of hydrogen-bond acceptors (Lipinski definition) is 4. The highest BCUT2D eigenvalue weighted by Crippen LogP contribution is 2.31. The zero-order valence-corrected chi connectivity index (χ0v) is 15.2. The van der Waals surface area contributed by atoms with Crippen molar-refractivity contribution in [2.75, 3.05) is 5.32 Å². The van der Waals surface area contributed by atoms with Crippen molar-refractivity contribution in [1.29, 1.82) is 0 Å². The summed E-state index contributed by atoms with van der Waals surface area (Å²) in [5, 5.41) is 25.6. The molecule has 3 aromatic carbocycles. The molecule has 0 radical (unpaired) electrons. The van der Waals surface area contributed by atoms with Crippen LogP contribution in [0.3, 0.4) is 0 Å². The number of hydrogen-bond donors (Lipinski definition) is 2. The standard InChI is InChI=1S/C21H19ClN2O3/c22-17-11-9-15(10-12-17)20(14-21(25)16-5-2-1-3-6-16)23-18-7-4-8-19(13-18)24(26)27/h1-13,20-21,23,25H,14H2. The van der Waals surface area contributed by atoms with E-state index in [1.165, 1.54) is 12.1 Å². The van der Waals surface area contributed by atoms with Gasteiger partial charge in [0, 0.05) is 29.3 Å². The van der Waals surface area contributed by atoms with E-state index in [1.807, 2.05) is 42.5 Å². The van der Waals surface area contributed by atoms with Crippen LogP contribution in [0.25, 0.3) is 0 Å². The number of halogens is 1. The summed E-state index contributed by atoms with van der Waals surface area (Å²) in [6.07, 6.45) is -0.285. The molecule has 3 aromatic rings. The van der Waals surface area contributed by atoms with Crippen molar-refractivity contribution in [2.24, 2.45) is 0 Å². The molecule has 0 bridgehead atoms. The third-order valence-corrected chi connectivity index (χ3v) is 4.57. The number of non-ortho nitro benzene ring substituents is 1. The minimum absolute atomic E-state index is 0.0125. The van der Waals surface area contributed by atoms with E-state index >= 15 is 0 Å². The number of nitrogens with zero attached hydrogens (tertiary/aromatic N) is 1. The van der Waals surface area contributed by atoms with Gasteiger partial charge in [0.05, 0.1) is 17.1 Å². The Labute approximate surface area is 162 Å². The van der Waals surface area contributed by atoms with Crippen LogP contribution >= 0.6 is 11.6 Å². The van der Waals surface area contributed by atoms with Gasteiger partial charge in [-0.15, -0.1) is 0 Å². The molecular formula is C21H19ClN2O3. The summed E-state index contributed by atoms with van der Waals surface area (Å²) in [6.45, 7) is 0. The van der Waals surface area contributed by atoms with Gasteiger partial charge in [-0.3, -0.25) is 10.1 Å². The molecule has 2 N–H and O–H groups in total. The number of nitrogens with one attached hydrogen (secondary N) is 1. The molecule has 0 aliphatic rings. The van der Waals surface area contributed by atoms with Crippen LogP contribution in [0, 0.1) is 10.1 Å². The van der Waals surface area contributed by atoms with E-state index in [0.717, 1.165) is 11.1 Å². The average molecular weight is 383 g/mol. The van der Waals surface area contributed by atoms with E-state index in [0.29, 0.717) is 17.1 Å². The fourth-order valence-electron chi connectivity index (χ4n) is 2.92. The van der Waals surface area contributed by atoms with Gasteiger partial charge in [-0.25, -0.2) is 0 Å². The van der Waals surface area contributed by atoms with Crippen LogP contribution in [-0.2, 0) is 0 Å². The smallest absolute Gasteiger partial charge is 0.271 e. The van der Waals surface area contributed by atoms with E-state index in [4.69, 9.17) is 11.6 Å². The second-order valence-electron chi connectivity index (χ2n) is 6.22. The van der Waals surface area contributed by atoms with Gasteiger partial charge in [-0.2, -0.15) is 0 Å². The van der Waals surface area contributed by atoms with Crippen LogP contribution in [0.1, 0.15) is 29.7 Å². The minimum Gasteiger partial charge on any atom is -0.388 e. The Morgan fingerprint density at radius 2 is 1.67 bits per heavy atom. The number of nitro benzene ring substituents is 1. The van der Waals surface area contributed by atoms with E-state index in [1.54, 1.807) is 24.3 Å². The molecule has 6 heteroatoms. The fraction of sp³-hybridized carbons (Fsp3) is 0.143. The van der Waals surface area contributed by atoms with Crippen molar-refractivity contribution in [3.05, 3.63) is 105 Å². The van der Waals surface area contributed by atoms with Crippen LogP contribution in [0.5, 0.6) is 0 Å². The predicted molar refractivity (Wildman–Crippen MR) is 107 cm³/mol. The summed E-state index contributed by atoms with van der Waals surface area (Å²) < 4.78 is 0. The maximum atomic E-state index is 11.0.